The Morgan fingerprint density at radius 1 is 0.491 bits per heavy atom. The van der Waals surface area contributed by atoms with Gasteiger partial charge in [-0.1, -0.05) is 29.6 Å². The van der Waals surface area contributed by atoms with E-state index in [1.54, 1.807) is 18.2 Å². The van der Waals surface area contributed by atoms with E-state index in [-0.39, 0.29) is 21.7 Å². The number of unbranched alkanes of at least 4 members (excludes halogenated alkanes) is 3. The fraction of sp³-hybridized carbons (Fsp3) is 0.511. The normalized spacial score (nSPS) is 17.7. The smallest absolute Gasteiger partial charge is 0.164 e. The molecule has 12 heteroatoms. The SMILES string of the molecule is O=C1CCCc2c1ccn2CCCCCN1CCN(c2ccc(F)c(Cl)c2)CC1.O=C1CCCc2c1ccn2CCCCN1CCN(c2ccc(F)c(Cl)c2)CC1. The molecule has 0 radical (unpaired) electrons. The van der Waals surface area contributed by atoms with Crippen LogP contribution in [0.1, 0.15) is 89.9 Å². The van der Waals surface area contributed by atoms with Crippen molar-refractivity contribution in [3.8, 4) is 0 Å². The molecule has 2 aromatic heterocycles. The van der Waals surface area contributed by atoms with Crippen LogP contribution in [-0.2, 0) is 25.9 Å². The number of hydrogen-bond acceptors (Lipinski definition) is 6. The highest BCUT2D eigenvalue weighted by Gasteiger charge is 2.23. The quantitative estimate of drug-likeness (QED) is 0.126. The molecule has 2 aromatic carbocycles. The Balaban J connectivity index is 0.000000174. The number of nitrogens with zero attached hydrogens (tertiary/aromatic N) is 6. The van der Waals surface area contributed by atoms with Gasteiger partial charge in [0, 0.05) is 125 Å². The average molecular weight is 822 g/mol. The molecule has 0 atom stereocenters. The van der Waals surface area contributed by atoms with Gasteiger partial charge >= 0.3 is 0 Å². The Hall–Kier alpha value is -3.70. The number of anilines is 2. The minimum atomic E-state index is -0.364. The molecule has 57 heavy (non-hydrogen) atoms. The summed E-state index contributed by atoms with van der Waals surface area (Å²) in [6, 6.07) is 13.9. The van der Waals surface area contributed by atoms with Crippen molar-refractivity contribution in [2.24, 2.45) is 0 Å². The molecular weight excluding hydrogens is 765 g/mol. The first-order chi connectivity index (χ1) is 27.7. The van der Waals surface area contributed by atoms with E-state index in [4.69, 9.17) is 23.2 Å². The zero-order valence-corrected chi connectivity index (χ0v) is 34.6. The molecule has 2 aliphatic heterocycles. The first kappa shape index (κ1) is 41.5. The van der Waals surface area contributed by atoms with Crippen molar-refractivity contribution < 1.29 is 18.4 Å². The van der Waals surface area contributed by atoms with Gasteiger partial charge < -0.3 is 18.9 Å². The Kier molecular flexibility index (Phi) is 14.4. The van der Waals surface area contributed by atoms with Crippen LogP contribution < -0.4 is 9.80 Å². The van der Waals surface area contributed by atoms with Crippen LogP contribution in [0, 0.1) is 11.6 Å². The zero-order chi connectivity index (χ0) is 39.7. The average Bonchev–Trinajstić information content (AvgIpc) is 3.85. The Bertz CT molecular complexity index is 1980. The standard InChI is InChI=1S/C23H29ClFN3O.C22H27ClFN3O/c24-20-17-18(7-8-21(20)25)27-15-13-26(14-16-27)10-2-1-3-11-28-12-9-19-22(28)5-4-6-23(19)29;23-19-16-17(6-7-20(19)24)26-14-12-25(13-15-26)9-1-2-10-27-11-8-18-21(27)4-3-5-22(18)28/h7-9,12,17H,1-6,10-11,13-16H2;6-8,11,16H,1-5,9-10,12-15H2. The molecule has 4 heterocycles. The predicted octanol–water partition coefficient (Wildman–Crippen LogP) is 9.19. The first-order valence-corrected chi connectivity index (χ1v) is 21.8. The summed E-state index contributed by atoms with van der Waals surface area (Å²) >= 11 is 11.8. The van der Waals surface area contributed by atoms with E-state index >= 15 is 0 Å². The fourth-order valence-corrected chi connectivity index (χ4v) is 9.18. The molecule has 8 nitrogen and oxygen atoms in total. The van der Waals surface area contributed by atoms with Crippen LogP contribution in [-0.4, -0.2) is 95.9 Å². The molecule has 2 saturated heterocycles. The van der Waals surface area contributed by atoms with Gasteiger partial charge in [0.2, 0.25) is 0 Å². The zero-order valence-electron chi connectivity index (χ0n) is 33.0. The third-order valence-electron chi connectivity index (χ3n) is 12.2. The van der Waals surface area contributed by atoms with Crippen LogP contribution in [0.3, 0.4) is 0 Å². The third kappa shape index (κ3) is 10.7. The highest BCUT2D eigenvalue weighted by atomic mass is 35.5. The van der Waals surface area contributed by atoms with E-state index in [0.717, 1.165) is 146 Å². The van der Waals surface area contributed by atoms with E-state index in [1.807, 2.05) is 18.2 Å². The lowest BCUT2D eigenvalue weighted by atomic mass is 9.97. The lowest BCUT2D eigenvalue weighted by Gasteiger charge is -2.36. The Labute approximate surface area is 346 Å². The summed E-state index contributed by atoms with van der Waals surface area (Å²) in [6.45, 7) is 12.1. The molecule has 0 amide bonds. The maximum absolute atomic E-state index is 13.3. The number of benzene rings is 2. The largest absolute Gasteiger partial charge is 0.369 e. The van der Waals surface area contributed by atoms with Crippen LogP contribution in [0.5, 0.6) is 0 Å². The minimum absolute atomic E-state index is 0.189. The third-order valence-corrected chi connectivity index (χ3v) is 12.8. The molecule has 0 N–H and O–H groups in total. The molecule has 4 aliphatic rings. The van der Waals surface area contributed by atoms with Gasteiger partial charge in [-0.3, -0.25) is 19.4 Å². The lowest BCUT2D eigenvalue weighted by Crippen LogP contribution is -2.46. The molecule has 0 saturated carbocycles. The van der Waals surface area contributed by atoms with Gasteiger partial charge in [0.15, 0.2) is 11.6 Å². The van der Waals surface area contributed by atoms with Gasteiger partial charge in [-0.05, 0) is 113 Å². The summed E-state index contributed by atoms with van der Waals surface area (Å²) in [5, 5.41) is 0.382. The van der Waals surface area contributed by atoms with E-state index in [1.165, 1.54) is 36.4 Å². The second kappa shape index (κ2) is 19.8. The molecule has 4 aromatic rings. The van der Waals surface area contributed by atoms with E-state index in [0.29, 0.717) is 24.4 Å². The van der Waals surface area contributed by atoms with Crippen molar-refractivity contribution in [1.82, 2.24) is 18.9 Å². The topological polar surface area (TPSA) is 57.0 Å². The highest BCUT2D eigenvalue weighted by Crippen LogP contribution is 2.27. The van der Waals surface area contributed by atoms with Gasteiger partial charge in [-0.2, -0.15) is 0 Å². The molecule has 0 spiro atoms. The maximum Gasteiger partial charge on any atom is 0.164 e. The van der Waals surface area contributed by atoms with Crippen LogP contribution in [0.15, 0.2) is 60.9 Å². The lowest BCUT2D eigenvalue weighted by molar-refractivity contribution is 0.0963. The number of ketones is 2. The van der Waals surface area contributed by atoms with E-state index in [2.05, 4.69) is 41.1 Å². The summed E-state index contributed by atoms with van der Waals surface area (Å²) in [6.07, 6.45) is 15.5. The molecular formula is C45H56Cl2F2N6O2. The van der Waals surface area contributed by atoms with Crippen molar-refractivity contribution in [3.63, 3.8) is 0 Å². The van der Waals surface area contributed by atoms with Crippen molar-refractivity contribution in [2.75, 3.05) is 75.2 Å². The molecule has 0 bridgehead atoms. The summed E-state index contributed by atoms with van der Waals surface area (Å²) in [5.41, 5.74) is 6.39. The molecule has 0 unspecified atom stereocenters. The Morgan fingerprint density at radius 2 is 0.895 bits per heavy atom. The predicted molar refractivity (Wildman–Crippen MR) is 227 cm³/mol. The van der Waals surface area contributed by atoms with Crippen molar-refractivity contribution >= 4 is 46.1 Å². The second-order valence-electron chi connectivity index (χ2n) is 15.9. The molecule has 2 aliphatic carbocycles. The van der Waals surface area contributed by atoms with Crippen molar-refractivity contribution in [1.29, 1.82) is 0 Å². The second-order valence-corrected chi connectivity index (χ2v) is 16.7. The number of aryl methyl sites for hydroxylation is 2. The van der Waals surface area contributed by atoms with Crippen LogP contribution in [0.25, 0.3) is 0 Å². The van der Waals surface area contributed by atoms with Gasteiger partial charge in [-0.25, -0.2) is 8.78 Å². The van der Waals surface area contributed by atoms with Gasteiger partial charge in [0.1, 0.15) is 11.6 Å². The fourth-order valence-electron chi connectivity index (χ4n) is 8.83. The highest BCUT2D eigenvalue weighted by molar-refractivity contribution is 6.31. The van der Waals surface area contributed by atoms with E-state index < -0.39 is 0 Å². The monoisotopic (exact) mass is 820 g/mol. The number of carbonyl (C=O) groups excluding carboxylic acids is 2. The van der Waals surface area contributed by atoms with Gasteiger partial charge in [-0.15, -0.1) is 0 Å². The minimum Gasteiger partial charge on any atom is -0.369 e. The molecule has 8 rings (SSSR count). The summed E-state index contributed by atoms with van der Waals surface area (Å²) in [4.78, 5) is 33.5. The summed E-state index contributed by atoms with van der Waals surface area (Å²) in [5.74, 6) is -0.106. The first-order valence-electron chi connectivity index (χ1n) is 21.0. The molecule has 2 fully saturated rings. The number of fused-ring (bicyclic) bond motifs is 2. The van der Waals surface area contributed by atoms with Crippen molar-refractivity contribution in [2.45, 2.75) is 83.7 Å². The van der Waals surface area contributed by atoms with Crippen molar-refractivity contribution in [3.05, 3.63) is 105 Å². The number of halogens is 4. The van der Waals surface area contributed by atoms with E-state index in [9.17, 15) is 18.4 Å². The van der Waals surface area contributed by atoms with Gasteiger partial charge in [0.05, 0.1) is 10.0 Å². The number of rotatable bonds is 13. The maximum atomic E-state index is 13.3. The number of Topliss-reactive ketones (excluding diaryl/α,β-unsaturated/α-hetero) is 2. The van der Waals surface area contributed by atoms with Crippen LogP contribution in [0.2, 0.25) is 10.0 Å². The number of aromatic nitrogens is 2. The van der Waals surface area contributed by atoms with Crippen LogP contribution in [0.4, 0.5) is 20.2 Å². The number of hydrogen-bond donors (Lipinski definition) is 0. The summed E-state index contributed by atoms with van der Waals surface area (Å²) < 4.78 is 31.3. The summed E-state index contributed by atoms with van der Waals surface area (Å²) in [7, 11) is 0. The van der Waals surface area contributed by atoms with Crippen LogP contribution >= 0.6 is 23.2 Å². The molecule has 306 valence electrons. The van der Waals surface area contributed by atoms with Gasteiger partial charge in [0.25, 0.3) is 0 Å². The number of piperazine rings is 2. The Morgan fingerprint density at radius 3 is 1.33 bits per heavy atom. The number of carbonyl (C=O) groups is 2.